The lowest BCUT2D eigenvalue weighted by Gasteiger charge is -1.92. The molecule has 0 saturated carbocycles. The molecule has 0 fully saturated rings. The number of rotatable bonds is 1. The van der Waals surface area contributed by atoms with Crippen molar-refractivity contribution >= 4 is 9.84 Å². The van der Waals surface area contributed by atoms with Crippen LogP contribution in [0, 0.1) is 6.26 Å². The highest BCUT2D eigenvalue weighted by molar-refractivity contribution is 7.92. The fourth-order valence-corrected chi connectivity index (χ4v) is 1.04. The Morgan fingerprint density at radius 1 is 1.40 bits per heavy atom. The van der Waals surface area contributed by atoms with E-state index in [2.05, 4.69) is 11.2 Å². The minimum Gasteiger partial charge on any atom is -0.245 e. The fraction of sp³-hybridized carbons (Fsp3) is 0. The molecule has 0 aliphatic carbocycles. The van der Waals surface area contributed by atoms with E-state index in [9.17, 15) is 8.42 Å². The molecule has 0 amide bonds. The normalized spacial score (nSPS) is 11.3. The van der Waals surface area contributed by atoms with Crippen LogP contribution in [0.2, 0.25) is 0 Å². The molecule has 0 aliphatic heterocycles. The molecule has 0 bridgehead atoms. The molecule has 0 aliphatic rings. The van der Waals surface area contributed by atoms with Crippen molar-refractivity contribution < 1.29 is 8.42 Å². The summed E-state index contributed by atoms with van der Waals surface area (Å²) in [6.45, 7) is 0. The Bertz CT molecular complexity index is 304. The summed E-state index contributed by atoms with van der Waals surface area (Å²) in [4.78, 5) is 3.60. The van der Waals surface area contributed by atoms with Crippen molar-refractivity contribution in [2.45, 2.75) is 5.03 Å². The summed E-state index contributed by atoms with van der Waals surface area (Å²) in [5, 5.41) is 0.00926. The summed E-state index contributed by atoms with van der Waals surface area (Å²) in [7, 11) is -3.36. The number of hydrogen-bond acceptors (Lipinski definition) is 3. The van der Waals surface area contributed by atoms with Gasteiger partial charge in [-0.1, -0.05) is 6.07 Å². The highest BCUT2D eigenvalue weighted by Crippen LogP contribution is 2.02. The molecular weight excluding hydrogens is 150 g/mol. The van der Waals surface area contributed by atoms with Gasteiger partial charge in [-0.2, -0.15) is 0 Å². The zero-order chi connectivity index (χ0) is 7.61. The predicted molar refractivity (Wildman–Crippen MR) is 36.8 cm³/mol. The Morgan fingerprint density at radius 2 is 2.10 bits per heavy atom. The monoisotopic (exact) mass is 156 g/mol. The standard InChI is InChI=1S/C6H6NO2S/c1-10(8,9)6-4-2-3-5-7-6/h2-5H,1H2. The Morgan fingerprint density at radius 3 is 2.40 bits per heavy atom. The van der Waals surface area contributed by atoms with Gasteiger partial charge in [0.25, 0.3) is 0 Å². The van der Waals surface area contributed by atoms with Crippen molar-refractivity contribution in [3.63, 3.8) is 0 Å². The van der Waals surface area contributed by atoms with Crippen LogP contribution in [0.25, 0.3) is 0 Å². The third-order valence-electron chi connectivity index (χ3n) is 0.956. The van der Waals surface area contributed by atoms with Crippen LogP contribution >= 0.6 is 0 Å². The summed E-state index contributed by atoms with van der Waals surface area (Å²) in [6, 6.07) is 4.65. The molecule has 1 radical (unpaired) electrons. The van der Waals surface area contributed by atoms with Gasteiger partial charge in [-0.3, -0.25) is 0 Å². The zero-order valence-electron chi connectivity index (χ0n) is 5.19. The van der Waals surface area contributed by atoms with E-state index < -0.39 is 9.84 Å². The molecule has 1 aromatic heterocycles. The van der Waals surface area contributed by atoms with Crippen LogP contribution in [-0.2, 0) is 9.84 Å². The maximum atomic E-state index is 10.7. The Kier molecular flexibility index (Phi) is 1.72. The molecule has 3 nitrogen and oxygen atoms in total. The Balaban J connectivity index is 3.22. The summed E-state index contributed by atoms with van der Waals surface area (Å²) >= 11 is 0. The van der Waals surface area contributed by atoms with Gasteiger partial charge in [0.05, 0.1) is 6.26 Å². The second kappa shape index (κ2) is 2.38. The summed E-state index contributed by atoms with van der Waals surface area (Å²) in [5.74, 6) is 0. The van der Waals surface area contributed by atoms with Crippen LogP contribution in [0.4, 0.5) is 0 Å². The molecular formula is C6H6NO2S. The molecule has 0 N–H and O–H groups in total. The number of nitrogens with zero attached hydrogens (tertiary/aromatic N) is 1. The van der Waals surface area contributed by atoms with Gasteiger partial charge in [0.15, 0.2) is 14.9 Å². The highest BCUT2D eigenvalue weighted by Gasteiger charge is 2.05. The van der Waals surface area contributed by atoms with Crippen LogP contribution in [0.3, 0.4) is 0 Å². The van der Waals surface area contributed by atoms with E-state index in [0.717, 1.165) is 0 Å². The van der Waals surface area contributed by atoms with Crippen molar-refractivity contribution in [3.8, 4) is 0 Å². The van der Waals surface area contributed by atoms with Crippen LogP contribution in [0.15, 0.2) is 29.4 Å². The summed E-state index contributed by atoms with van der Waals surface area (Å²) in [5.41, 5.74) is 0. The zero-order valence-corrected chi connectivity index (χ0v) is 6.00. The molecule has 1 aromatic rings. The van der Waals surface area contributed by atoms with Gasteiger partial charge >= 0.3 is 0 Å². The number of aromatic nitrogens is 1. The number of hydrogen-bond donors (Lipinski definition) is 0. The topological polar surface area (TPSA) is 47.0 Å². The molecule has 1 heterocycles. The molecule has 53 valence electrons. The van der Waals surface area contributed by atoms with Crippen LogP contribution < -0.4 is 0 Å². The van der Waals surface area contributed by atoms with Gasteiger partial charge in [-0.05, 0) is 12.1 Å². The van der Waals surface area contributed by atoms with Crippen molar-refractivity contribution in [1.82, 2.24) is 4.98 Å². The third kappa shape index (κ3) is 1.54. The lowest BCUT2D eigenvalue weighted by Crippen LogP contribution is -1.95. The van der Waals surface area contributed by atoms with Crippen LogP contribution in [0.1, 0.15) is 0 Å². The lowest BCUT2D eigenvalue weighted by atomic mass is 10.5. The molecule has 1 rings (SSSR count). The van der Waals surface area contributed by atoms with Gasteiger partial charge in [0, 0.05) is 6.20 Å². The average molecular weight is 156 g/mol. The highest BCUT2D eigenvalue weighted by atomic mass is 32.2. The third-order valence-corrected chi connectivity index (χ3v) is 1.84. The van der Waals surface area contributed by atoms with E-state index in [0.29, 0.717) is 0 Å². The van der Waals surface area contributed by atoms with Crippen molar-refractivity contribution in [1.29, 1.82) is 0 Å². The molecule has 0 atom stereocenters. The van der Waals surface area contributed by atoms with Gasteiger partial charge in [0.1, 0.15) is 0 Å². The minimum atomic E-state index is -3.36. The van der Waals surface area contributed by atoms with Gasteiger partial charge < -0.3 is 0 Å². The fourth-order valence-electron chi connectivity index (χ4n) is 0.531. The second-order valence-electron chi connectivity index (χ2n) is 1.78. The number of sulfone groups is 1. The summed E-state index contributed by atoms with van der Waals surface area (Å²) in [6.07, 6.45) is 4.37. The van der Waals surface area contributed by atoms with E-state index in [1.807, 2.05) is 0 Å². The first kappa shape index (κ1) is 7.21. The van der Waals surface area contributed by atoms with E-state index >= 15 is 0 Å². The lowest BCUT2D eigenvalue weighted by molar-refractivity contribution is 0.601. The number of pyridine rings is 1. The SMILES string of the molecule is [CH2]S(=O)(=O)c1ccccn1. The Labute approximate surface area is 59.6 Å². The maximum Gasteiger partial charge on any atom is 0.196 e. The first-order valence-electron chi connectivity index (χ1n) is 2.60. The molecule has 0 unspecified atom stereocenters. The maximum absolute atomic E-state index is 10.7. The van der Waals surface area contributed by atoms with Crippen molar-refractivity contribution in [3.05, 3.63) is 30.7 Å². The quantitative estimate of drug-likeness (QED) is 0.599. The largest absolute Gasteiger partial charge is 0.245 e. The Hall–Kier alpha value is -0.900. The van der Waals surface area contributed by atoms with E-state index in [-0.39, 0.29) is 5.03 Å². The minimum absolute atomic E-state index is 0.00926. The molecule has 0 aromatic carbocycles. The molecule has 4 heteroatoms. The smallest absolute Gasteiger partial charge is 0.196 e. The van der Waals surface area contributed by atoms with E-state index in [1.54, 1.807) is 12.1 Å². The van der Waals surface area contributed by atoms with Gasteiger partial charge in [0.2, 0.25) is 0 Å². The molecule has 10 heavy (non-hydrogen) atoms. The second-order valence-corrected chi connectivity index (χ2v) is 3.43. The molecule has 0 saturated heterocycles. The van der Waals surface area contributed by atoms with E-state index in [4.69, 9.17) is 0 Å². The first-order valence-corrected chi connectivity index (χ1v) is 4.25. The van der Waals surface area contributed by atoms with Crippen molar-refractivity contribution in [2.75, 3.05) is 0 Å². The average Bonchev–Trinajstić information content (AvgIpc) is 1.88. The van der Waals surface area contributed by atoms with Gasteiger partial charge in [-0.15, -0.1) is 0 Å². The van der Waals surface area contributed by atoms with Crippen LogP contribution in [-0.4, -0.2) is 13.4 Å². The molecule has 0 spiro atoms. The predicted octanol–water partition coefficient (Wildman–Crippen LogP) is 0.647. The van der Waals surface area contributed by atoms with E-state index in [1.165, 1.54) is 12.3 Å². The first-order chi connectivity index (χ1) is 4.61. The summed E-state index contributed by atoms with van der Waals surface area (Å²) < 4.78 is 21.3. The van der Waals surface area contributed by atoms with Gasteiger partial charge in [-0.25, -0.2) is 13.4 Å². The van der Waals surface area contributed by atoms with Crippen LogP contribution in [0.5, 0.6) is 0 Å². The van der Waals surface area contributed by atoms with Crippen molar-refractivity contribution in [2.24, 2.45) is 0 Å².